The summed E-state index contributed by atoms with van der Waals surface area (Å²) in [5.41, 5.74) is 1.76. The van der Waals surface area contributed by atoms with Gasteiger partial charge in [-0.15, -0.1) is 0 Å². The van der Waals surface area contributed by atoms with E-state index in [9.17, 15) is 14.7 Å². The molecule has 1 saturated heterocycles. The second kappa shape index (κ2) is 6.60. The van der Waals surface area contributed by atoms with E-state index in [1.807, 2.05) is 4.90 Å². The number of aromatic carboxylic acids is 1. The second-order valence-electron chi connectivity index (χ2n) is 5.63. The van der Waals surface area contributed by atoms with Crippen LogP contribution < -0.4 is 0 Å². The number of carbonyl (C=O) groups is 2. The number of pyridine rings is 1. The molecule has 5 nitrogen and oxygen atoms in total. The van der Waals surface area contributed by atoms with E-state index < -0.39 is 5.97 Å². The summed E-state index contributed by atoms with van der Waals surface area (Å²) in [6, 6.07) is 10.1. The summed E-state index contributed by atoms with van der Waals surface area (Å²) in [5.74, 6) is -1.02. The molecule has 5 heteroatoms. The topological polar surface area (TPSA) is 70.5 Å². The van der Waals surface area contributed by atoms with Crippen molar-refractivity contribution in [1.82, 2.24) is 9.88 Å². The van der Waals surface area contributed by atoms with Gasteiger partial charge in [0.2, 0.25) is 0 Å². The third-order valence-electron chi connectivity index (χ3n) is 4.08. The van der Waals surface area contributed by atoms with Gasteiger partial charge in [0.05, 0.1) is 11.3 Å². The molecular weight excluding hydrogens is 292 g/mol. The molecular formula is C18H18N2O3. The summed E-state index contributed by atoms with van der Waals surface area (Å²) >= 11 is 0. The lowest BCUT2D eigenvalue weighted by atomic mass is 10.0. The van der Waals surface area contributed by atoms with Gasteiger partial charge in [0.25, 0.3) is 5.91 Å². The van der Waals surface area contributed by atoms with Crippen LogP contribution in [0.5, 0.6) is 0 Å². The summed E-state index contributed by atoms with van der Waals surface area (Å²) in [4.78, 5) is 30.0. The van der Waals surface area contributed by atoms with E-state index in [4.69, 9.17) is 0 Å². The number of piperidine rings is 1. The Balaban J connectivity index is 1.94. The Hall–Kier alpha value is -2.69. The number of benzene rings is 1. The van der Waals surface area contributed by atoms with Gasteiger partial charge in [-0.1, -0.05) is 18.2 Å². The monoisotopic (exact) mass is 310 g/mol. The average molecular weight is 310 g/mol. The van der Waals surface area contributed by atoms with Crippen molar-refractivity contribution in [3.63, 3.8) is 0 Å². The fourth-order valence-electron chi connectivity index (χ4n) is 2.88. The Bertz CT molecular complexity index is 737. The number of rotatable bonds is 3. The van der Waals surface area contributed by atoms with Gasteiger partial charge >= 0.3 is 5.97 Å². The molecule has 1 aromatic heterocycles. The maximum Gasteiger partial charge on any atom is 0.336 e. The number of amides is 1. The molecule has 1 fully saturated rings. The molecule has 0 bridgehead atoms. The van der Waals surface area contributed by atoms with Crippen LogP contribution >= 0.6 is 0 Å². The Morgan fingerprint density at radius 1 is 1.04 bits per heavy atom. The zero-order valence-corrected chi connectivity index (χ0v) is 12.7. The summed E-state index contributed by atoms with van der Waals surface area (Å²) in [7, 11) is 0. The van der Waals surface area contributed by atoms with Crippen molar-refractivity contribution in [2.75, 3.05) is 13.1 Å². The largest absolute Gasteiger partial charge is 0.478 e. The molecule has 1 N–H and O–H groups in total. The van der Waals surface area contributed by atoms with Crippen molar-refractivity contribution in [2.45, 2.75) is 19.3 Å². The van der Waals surface area contributed by atoms with Crippen molar-refractivity contribution >= 4 is 11.9 Å². The molecule has 0 radical (unpaired) electrons. The smallest absolute Gasteiger partial charge is 0.336 e. The molecule has 0 aliphatic carbocycles. The molecule has 2 aromatic rings. The van der Waals surface area contributed by atoms with Gasteiger partial charge in [0, 0.05) is 30.4 Å². The minimum Gasteiger partial charge on any atom is -0.478 e. The van der Waals surface area contributed by atoms with Crippen molar-refractivity contribution in [3.05, 3.63) is 53.7 Å². The number of carbonyl (C=O) groups excluding carboxylic acids is 1. The quantitative estimate of drug-likeness (QED) is 0.946. The molecule has 1 aliphatic heterocycles. The highest BCUT2D eigenvalue weighted by molar-refractivity contribution is 5.98. The van der Waals surface area contributed by atoms with Gasteiger partial charge in [-0.05, 0) is 37.5 Å². The minimum atomic E-state index is -1.00. The number of aromatic nitrogens is 1. The van der Waals surface area contributed by atoms with Crippen LogP contribution in [0.4, 0.5) is 0 Å². The van der Waals surface area contributed by atoms with Gasteiger partial charge < -0.3 is 10.0 Å². The van der Waals surface area contributed by atoms with Gasteiger partial charge in [-0.25, -0.2) is 4.79 Å². The summed E-state index contributed by atoms with van der Waals surface area (Å²) in [6.07, 6.45) is 4.79. The van der Waals surface area contributed by atoms with Gasteiger partial charge in [-0.2, -0.15) is 0 Å². The zero-order chi connectivity index (χ0) is 16.2. The number of hydrogen-bond acceptors (Lipinski definition) is 3. The van der Waals surface area contributed by atoms with Crippen LogP contribution in [0.3, 0.4) is 0 Å². The van der Waals surface area contributed by atoms with Gasteiger partial charge in [-0.3, -0.25) is 9.78 Å². The molecule has 1 aromatic carbocycles. The highest BCUT2D eigenvalue weighted by atomic mass is 16.4. The van der Waals surface area contributed by atoms with Gasteiger partial charge in [0.15, 0.2) is 0 Å². The maximum absolute atomic E-state index is 12.6. The summed E-state index contributed by atoms with van der Waals surface area (Å²) < 4.78 is 0. The van der Waals surface area contributed by atoms with Crippen molar-refractivity contribution in [2.24, 2.45) is 0 Å². The molecule has 2 heterocycles. The standard InChI is InChI=1S/C18H18N2O3/c21-17(20-10-4-1-5-11-20)13-8-9-19-16(12-13)14-6-2-3-7-15(14)18(22)23/h2-3,6-9,12H,1,4-5,10-11H2,(H,22,23). The molecule has 3 rings (SSSR count). The molecule has 1 amide bonds. The first-order valence-corrected chi connectivity index (χ1v) is 7.75. The Labute approximate surface area is 134 Å². The Kier molecular flexibility index (Phi) is 4.37. The molecule has 0 spiro atoms. The lowest BCUT2D eigenvalue weighted by molar-refractivity contribution is 0.0695. The molecule has 118 valence electrons. The van der Waals surface area contributed by atoms with E-state index in [1.165, 1.54) is 0 Å². The van der Waals surface area contributed by atoms with E-state index in [0.29, 0.717) is 16.8 Å². The molecule has 0 atom stereocenters. The molecule has 1 aliphatic rings. The van der Waals surface area contributed by atoms with Crippen LogP contribution in [0.15, 0.2) is 42.6 Å². The first-order chi connectivity index (χ1) is 11.2. The lowest BCUT2D eigenvalue weighted by Crippen LogP contribution is -2.35. The van der Waals surface area contributed by atoms with Crippen LogP contribution in [-0.2, 0) is 0 Å². The third-order valence-corrected chi connectivity index (χ3v) is 4.08. The minimum absolute atomic E-state index is 0.0128. The Morgan fingerprint density at radius 2 is 1.78 bits per heavy atom. The van der Waals surface area contributed by atoms with Crippen molar-refractivity contribution in [1.29, 1.82) is 0 Å². The molecule has 23 heavy (non-hydrogen) atoms. The summed E-state index contributed by atoms with van der Waals surface area (Å²) in [6.45, 7) is 1.56. The second-order valence-corrected chi connectivity index (χ2v) is 5.63. The SMILES string of the molecule is O=C(O)c1ccccc1-c1cc(C(=O)N2CCCCC2)ccn1. The number of carboxylic acid groups (broad SMARTS) is 1. The molecule has 0 saturated carbocycles. The predicted octanol–water partition coefficient (Wildman–Crippen LogP) is 3.07. The summed E-state index contributed by atoms with van der Waals surface area (Å²) in [5, 5.41) is 9.31. The fraction of sp³-hybridized carbons (Fsp3) is 0.278. The predicted molar refractivity (Wildman–Crippen MR) is 86.4 cm³/mol. The van der Waals surface area contributed by atoms with Crippen LogP contribution in [-0.4, -0.2) is 40.0 Å². The zero-order valence-electron chi connectivity index (χ0n) is 12.7. The van der Waals surface area contributed by atoms with Crippen LogP contribution in [0.25, 0.3) is 11.3 Å². The van der Waals surface area contributed by atoms with Crippen molar-refractivity contribution in [3.8, 4) is 11.3 Å². The normalized spacial score (nSPS) is 14.5. The van der Waals surface area contributed by atoms with E-state index >= 15 is 0 Å². The highest BCUT2D eigenvalue weighted by Gasteiger charge is 2.19. The Morgan fingerprint density at radius 3 is 2.52 bits per heavy atom. The fourth-order valence-corrected chi connectivity index (χ4v) is 2.88. The molecule has 0 unspecified atom stereocenters. The first kappa shape index (κ1) is 15.2. The highest BCUT2D eigenvalue weighted by Crippen LogP contribution is 2.23. The van der Waals surface area contributed by atoms with Crippen molar-refractivity contribution < 1.29 is 14.7 Å². The van der Waals surface area contributed by atoms with Crippen LogP contribution in [0.1, 0.15) is 40.0 Å². The van der Waals surface area contributed by atoms with E-state index in [2.05, 4.69) is 4.98 Å². The lowest BCUT2D eigenvalue weighted by Gasteiger charge is -2.26. The number of hydrogen-bond donors (Lipinski definition) is 1. The number of likely N-dealkylation sites (tertiary alicyclic amines) is 1. The first-order valence-electron chi connectivity index (χ1n) is 7.75. The average Bonchev–Trinajstić information content (AvgIpc) is 2.62. The third kappa shape index (κ3) is 3.23. The van der Waals surface area contributed by atoms with Gasteiger partial charge in [0.1, 0.15) is 0 Å². The number of nitrogens with zero attached hydrogens (tertiary/aromatic N) is 2. The van der Waals surface area contributed by atoms with E-state index in [-0.39, 0.29) is 11.5 Å². The number of carboxylic acids is 1. The van der Waals surface area contributed by atoms with Crippen LogP contribution in [0.2, 0.25) is 0 Å². The van der Waals surface area contributed by atoms with E-state index in [1.54, 1.807) is 42.6 Å². The maximum atomic E-state index is 12.6. The van der Waals surface area contributed by atoms with Crippen LogP contribution in [0, 0.1) is 0 Å². The van der Waals surface area contributed by atoms with E-state index in [0.717, 1.165) is 32.4 Å².